The molecular formula is C23H34N4O. The van der Waals surface area contributed by atoms with E-state index in [1.165, 1.54) is 11.1 Å². The highest BCUT2D eigenvalue weighted by molar-refractivity contribution is 5.33. The minimum atomic E-state index is -2.55. The largest absolute Gasteiger partial charge is 0.467 e. The van der Waals surface area contributed by atoms with Gasteiger partial charge in [-0.1, -0.05) is 38.1 Å². The lowest BCUT2D eigenvalue weighted by molar-refractivity contribution is 0.00511. The van der Waals surface area contributed by atoms with E-state index in [-0.39, 0.29) is 17.6 Å². The van der Waals surface area contributed by atoms with Gasteiger partial charge in [0.15, 0.2) is 0 Å². The van der Waals surface area contributed by atoms with Gasteiger partial charge in [-0.15, -0.1) is 0 Å². The smallest absolute Gasteiger partial charge is 0.316 e. The zero-order valence-corrected chi connectivity index (χ0v) is 17.6. The lowest BCUT2D eigenvalue weighted by Crippen LogP contribution is -2.55. The molecule has 0 aliphatic carbocycles. The molecule has 5 nitrogen and oxygen atoms in total. The van der Waals surface area contributed by atoms with Gasteiger partial charge in [-0.25, -0.2) is 4.98 Å². The second kappa shape index (κ2) is 8.58. The minimum absolute atomic E-state index is 0.0521. The molecule has 1 aromatic carbocycles. The van der Waals surface area contributed by atoms with Crippen molar-refractivity contribution >= 4 is 0 Å². The van der Waals surface area contributed by atoms with Crippen molar-refractivity contribution in [3.63, 3.8) is 0 Å². The molecule has 152 valence electrons. The fourth-order valence-corrected chi connectivity index (χ4v) is 4.13. The first-order valence-corrected chi connectivity index (χ1v) is 10.0. The van der Waals surface area contributed by atoms with Crippen LogP contribution in [0.4, 0.5) is 0 Å². The van der Waals surface area contributed by atoms with Crippen molar-refractivity contribution < 1.29 is 8.85 Å². The van der Waals surface area contributed by atoms with E-state index in [1.807, 2.05) is 6.07 Å². The van der Waals surface area contributed by atoms with Crippen LogP contribution in [0, 0.1) is 0 Å². The normalized spacial score (nSPS) is 21.2. The fraction of sp³-hybridized carbons (Fsp3) is 0.565. The molecule has 0 spiro atoms. The summed E-state index contributed by atoms with van der Waals surface area (Å²) in [5.41, 5.74) is 3.58. The molecule has 1 aliphatic rings. The number of ether oxygens (including phenoxy) is 1. The molecule has 0 bridgehead atoms. The molecule has 1 aromatic heterocycles. The average Bonchev–Trinajstić information content (AvgIpc) is 2.66. The van der Waals surface area contributed by atoms with E-state index in [4.69, 9.17) is 8.85 Å². The van der Waals surface area contributed by atoms with E-state index in [9.17, 15) is 0 Å². The van der Waals surface area contributed by atoms with Gasteiger partial charge in [0.1, 0.15) is 0 Å². The van der Waals surface area contributed by atoms with E-state index in [1.54, 1.807) is 6.20 Å². The first-order chi connectivity index (χ1) is 14.4. The summed E-state index contributed by atoms with van der Waals surface area (Å²) in [6.07, 6.45) is 1.56. The maximum absolute atomic E-state index is 7.26. The van der Waals surface area contributed by atoms with Gasteiger partial charge in [0.05, 0.1) is 16.8 Å². The van der Waals surface area contributed by atoms with Gasteiger partial charge < -0.3 is 4.74 Å². The van der Waals surface area contributed by atoms with Crippen LogP contribution in [-0.4, -0.2) is 52.0 Å². The van der Waals surface area contributed by atoms with Gasteiger partial charge in [-0.3, -0.25) is 9.80 Å². The molecule has 2 aromatic rings. The molecule has 1 saturated heterocycles. The van der Waals surface area contributed by atoms with Crippen LogP contribution in [0.25, 0.3) is 0 Å². The van der Waals surface area contributed by atoms with Gasteiger partial charge in [0.25, 0.3) is 0 Å². The first-order valence-electron chi connectivity index (χ1n) is 11.5. The van der Waals surface area contributed by atoms with Gasteiger partial charge >= 0.3 is 6.01 Å². The molecular weight excluding hydrogens is 348 g/mol. The third-order valence-corrected chi connectivity index (χ3v) is 5.47. The summed E-state index contributed by atoms with van der Waals surface area (Å²) >= 11 is 0. The maximum atomic E-state index is 7.26. The Morgan fingerprint density at radius 3 is 2.71 bits per heavy atom. The van der Waals surface area contributed by atoms with Gasteiger partial charge in [-0.2, -0.15) is 4.98 Å². The van der Waals surface area contributed by atoms with E-state index in [0.717, 1.165) is 25.3 Å². The van der Waals surface area contributed by atoms with Crippen molar-refractivity contribution in [1.29, 1.82) is 0 Å². The Bertz CT molecular complexity index is 880. The van der Waals surface area contributed by atoms with Crippen LogP contribution in [0.5, 0.6) is 6.01 Å². The fourth-order valence-electron chi connectivity index (χ4n) is 4.13. The minimum Gasteiger partial charge on any atom is -0.467 e. The van der Waals surface area contributed by atoms with Crippen LogP contribution in [0.3, 0.4) is 0 Å². The molecule has 2 heterocycles. The van der Waals surface area contributed by atoms with E-state index in [2.05, 4.69) is 78.7 Å². The quantitative estimate of drug-likeness (QED) is 0.769. The predicted molar refractivity (Wildman–Crippen MR) is 114 cm³/mol. The highest BCUT2D eigenvalue weighted by Gasteiger charge is 2.36. The van der Waals surface area contributed by atoms with Crippen LogP contribution < -0.4 is 4.74 Å². The maximum Gasteiger partial charge on any atom is 0.316 e. The van der Waals surface area contributed by atoms with Crippen molar-refractivity contribution in [3.8, 4) is 6.01 Å². The molecule has 5 heteroatoms. The number of piperazine rings is 1. The molecule has 28 heavy (non-hydrogen) atoms. The molecule has 1 atom stereocenters. The molecule has 1 unspecified atom stereocenters. The summed E-state index contributed by atoms with van der Waals surface area (Å²) in [6, 6.07) is 10.7. The van der Waals surface area contributed by atoms with Crippen molar-refractivity contribution in [2.75, 3.05) is 26.7 Å². The first kappa shape index (κ1) is 16.9. The zero-order valence-electron chi connectivity index (χ0n) is 20.6. The van der Waals surface area contributed by atoms with Crippen LogP contribution in [-0.2, 0) is 6.54 Å². The molecule has 3 rings (SSSR count). The third-order valence-electron chi connectivity index (χ3n) is 5.47. The van der Waals surface area contributed by atoms with Crippen LogP contribution in [0.2, 0.25) is 0 Å². The Balaban J connectivity index is 1.84. The van der Waals surface area contributed by atoms with Crippen LogP contribution in [0.15, 0.2) is 36.5 Å². The van der Waals surface area contributed by atoms with Crippen molar-refractivity contribution in [2.24, 2.45) is 0 Å². The van der Waals surface area contributed by atoms with Crippen LogP contribution in [0.1, 0.15) is 67.5 Å². The second-order valence-electron chi connectivity index (χ2n) is 8.83. The Kier molecular flexibility index (Phi) is 5.19. The molecule has 0 N–H and O–H groups in total. The van der Waals surface area contributed by atoms with Gasteiger partial charge in [-0.05, 0) is 43.9 Å². The summed E-state index contributed by atoms with van der Waals surface area (Å²) < 4.78 is 26.7. The number of rotatable bonds is 5. The van der Waals surface area contributed by atoms with Gasteiger partial charge in [0.2, 0.25) is 0 Å². The standard InChI is InChI=1S/C23H34N4O/c1-17(2)19-9-7-8-10-20(19)21-16-26(13-14-27(21)23(3,4)5)15-18-11-12-24-22(25-18)28-6/h7-12,17,21H,13-16H2,1-6H3/i6D3. The average molecular weight is 386 g/mol. The zero-order chi connectivity index (χ0) is 22.8. The van der Waals surface area contributed by atoms with Crippen molar-refractivity contribution in [1.82, 2.24) is 19.8 Å². The number of aromatic nitrogens is 2. The number of benzene rings is 1. The summed E-state index contributed by atoms with van der Waals surface area (Å²) in [7, 11) is -2.55. The van der Waals surface area contributed by atoms with Crippen molar-refractivity contribution in [3.05, 3.63) is 53.3 Å². The molecule has 1 aliphatic heterocycles. The summed E-state index contributed by atoms with van der Waals surface area (Å²) in [4.78, 5) is 13.2. The van der Waals surface area contributed by atoms with E-state index < -0.39 is 7.04 Å². The Morgan fingerprint density at radius 1 is 1.21 bits per heavy atom. The molecule has 0 radical (unpaired) electrons. The Morgan fingerprint density at radius 2 is 2.00 bits per heavy atom. The number of methoxy groups -OCH3 is 1. The lowest BCUT2D eigenvalue weighted by atomic mass is 9.88. The second-order valence-corrected chi connectivity index (χ2v) is 8.83. The summed E-state index contributed by atoms with van der Waals surface area (Å²) in [5.74, 6) is 0.454. The van der Waals surface area contributed by atoms with Crippen LogP contribution >= 0.6 is 0 Å². The molecule has 0 saturated carbocycles. The van der Waals surface area contributed by atoms with E-state index in [0.29, 0.717) is 12.5 Å². The topological polar surface area (TPSA) is 41.5 Å². The number of nitrogens with zero attached hydrogens (tertiary/aromatic N) is 4. The summed E-state index contributed by atoms with van der Waals surface area (Å²) in [5, 5.41) is 0. The highest BCUT2D eigenvalue weighted by atomic mass is 16.5. The van der Waals surface area contributed by atoms with Crippen molar-refractivity contribution in [2.45, 2.75) is 58.7 Å². The Labute approximate surface area is 174 Å². The SMILES string of the molecule is [2H]C([2H])([2H])Oc1nccc(CN2CCN(C(C)(C)C)C(c3ccccc3C(C)C)C2)n1. The van der Waals surface area contributed by atoms with E-state index >= 15 is 0 Å². The predicted octanol–water partition coefficient (Wildman–Crippen LogP) is 4.27. The lowest BCUT2D eigenvalue weighted by Gasteiger charge is -2.48. The number of hydrogen-bond acceptors (Lipinski definition) is 5. The monoisotopic (exact) mass is 385 g/mol. The molecule has 1 fully saturated rings. The Hall–Kier alpha value is -1.98. The molecule has 0 amide bonds. The number of hydrogen-bond donors (Lipinski definition) is 0. The van der Waals surface area contributed by atoms with Gasteiger partial charge in [0, 0.05) is 44.0 Å². The highest BCUT2D eigenvalue weighted by Crippen LogP contribution is 2.35. The third kappa shape index (κ3) is 4.70. The summed E-state index contributed by atoms with van der Waals surface area (Å²) in [6.45, 7) is 14.7.